The zero-order chi connectivity index (χ0) is 13.8. The number of rotatable bonds is 0. The Morgan fingerprint density at radius 3 is 2.84 bits per heavy atom. The maximum absolute atomic E-state index is 12.5. The Morgan fingerprint density at radius 2 is 2.16 bits per heavy atom. The summed E-state index contributed by atoms with van der Waals surface area (Å²) >= 11 is 6.94. The standard InChI is InChI=1S/C11H6ClF3N2OS/c12-10-16-6-3-5-1-2-17(9(18)11(13,14)15)7(5)4-8(6)19-10/h3-4H,1-2H2. The number of halogens is 4. The fourth-order valence-electron chi connectivity index (χ4n) is 2.15. The molecule has 0 bridgehead atoms. The minimum atomic E-state index is -4.86. The van der Waals surface area contributed by atoms with Crippen molar-refractivity contribution in [2.75, 3.05) is 11.4 Å². The van der Waals surface area contributed by atoms with Gasteiger partial charge < -0.3 is 4.90 Å². The van der Waals surface area contributed by atoms with Crippen molar-refractivity contribution in [3.63, 3.8) is 0 Å². The molecule has 2 heterocycles. The fourth-order valence-corrected chi connectivity index (χ4v) is 3.19. The number of alkyl halides is 3. The smallest absolute Gasteiger partial charge is 0.304 e. The highest BCUT2D eigenvalue weighted by molar-refractivity contribution is 7.22. The Balaban J connectivity index is 2.09. The SMILES string of the molecule is O=C(N1CCc2cc3nc(Cl)sc3cc21)C(F)(F)F. The van der Waals surface area contributed by atoms with Crippen LogP contribution in [0.2, 0.25) is 4.47 Å². The lowest BCUT2D eigenvalue weighted by molar-refractivity contribution is -0.170. The van der Waals surface area contributed by atoms with Crippen molar-refractivity contribution < 1.29 is 18.0 Å². The molecule has 1 aliphatic rings. The lowest BCUT2D eigenvalue weighted by atomic mass is 10.1. The van der Waals surface area contributed by atoms with E-state index in [2.05, 4.69) is 4.98 Å². The van der Waals surface area contributed by atoms with Crippen molar-refractivity contribution in [2.24, 2.45) is 0 Å². The maximum Gasteiger partial charge on any atom is 0.471 e. The molecule has 0 saturated heterocycles. The Bertz CT molecular complexity index is 682. The van der Waals surface area contributed by atoms with Crippen LogP contribution in [0.15, 0.2) is 12.1 Å². The second-order valence-corrected chi connectivity index (χ2v) is 5.73. The van der Waals surface area contributed by atoms with E-state index in [1.54, 1.807) is 12.1 Å². The van der Waals surface area contributed by atoms with Gasteiger partial charge in [-0.2, -0.15) is 13.2 Å². The van der Waals surface area contributed by atoms with E-state index >= 15 is 0 Å². The zero-order valence-electron chi connectivity index (χ0n) is 9.29. The molecule has 1 aromatic heterocycles. The topological polar surface area (TPSA) is 33.2 Å². The lowest BCUT2D eigenvalue weighted by Crippen LogP contribution is -2.40. The zero-order valence-corrected chi connectivity index (χ0v) is 10.9. The van der Waals surface area contributed by atoms with Crippen LogP contribution in [0.3, 0.4) is 0 Å². The normalized spacial score (nSPS) is 15.1. The van der Waals surface area contributed by atoms with Crippen molar-refractivity contribution in [1.29, 1.82) is 0 Å². The van der Waals surface area contributed by atoms with Crippen LogP contribution in [0.5, 0.6) is 0 Å². The lowest BCUT2D eigenvalue weighted by Gasteiger charge is -2.18. The number of hydrogen-bond donors (Lipinski definition) is 0. The van der Waals surface area contributed by atoms with Crippen LogP contribution in [-0.2, 0) is 11.2 Å². The molecule has 0 saturated carbocycles. The summed E-state index contributed by atoms with van der Waals surface area (Å²) in [7, 11) is 0. The Morgan fingerprint density at radius 1 is 1.42 bits per heavy atom. The van der Waals surface area contributed by atoms with Crippen LogP contribution in [-0.4, -0.2) is 23.6 Å². The number of anilines is 1. The molecule has 1 aromatic carbocycles. The summed E-state index contributed by atoms with van der Waals surface area (Å²) in [4.78, 5) is 16.2. The molecule has 0 atom stereocenters. The molecule has 2 aromatic rings. The first-order valence-corrected chi connectivity index (χ1v) is 6.53. The largest absolute Gasteiger partial charge is 0.471 e. The summed E-state index contributed by atoms with van der Waals surface area (Å²) in [5, 5.41) is 0. The molecule has 3 nitrogen and oxygen atoms in total. The maximum atomic E-state index is 12.5. The number of carbonyl (C=O) groups is 1. The quantitative estimate of drug-likeness (QED) is 0.747. The molecule has 0 radical (unpaired) electrons. The van der Waals surface area contributed by atoms with E-state index < -0.39 is 12.1 Å². The van der Waals surface area contributed by atoms with Gasteiger partial charge in [0, 0.05) is 12.2 Å². The molecule has 19 heavy (non-hydrogen) atoms. The van der Waals surface area contributed by atoms with Gasteiger partial charge in [0.1, 0.15) is 0 Å². The van der Waals surface area contributed by atoms with Crippen LogP contribution < -0.4 is 4.90 Å². The Hall–Kier alpha value is -1.34. The average Bonchev–Trinajstić information content (AvgIpc) is 2.85. The van der Waals surface area contributed by atoms with E-state index in [1.165, 1.54) is 11.3 Å². The summed E-state index contributed by atoms with van der Waals surface area (Å²) in [6, 6.07) is 3.24. The molecular weight excluding hydrogens is 301 g/mol. The van der Waals surface area contributed by atoms with Crippen LogP contribution in [0, 0.1) is 0 Å². The number of thiazole rings is 1. The number of hydrogen-bond acceptors (Lipinski definition) is 3. The van der Waals surface area contributed by atoms with Crippen LogP contribution in [0.25, 0.3) is 10.2 Å². The van der Waals surface area contributed by atoms with Crippen LogP contribution in [0.1, 0.15) is 5.56 Å². The van der Waals surface area contributed by atoms with Crippen LogP contribution in [0.4, 0.5) is 18.9 Å². The minimum Gasteiger partial charge on any atom is -0.304 e. The number of nitrogens with zero attached hydrogens (tertiary/aromatic N) is 2. The van der Waals surface area contributed by atoms with Gasteiger partial charge in [-0.3, -0.25) is 4.79 Å². The van der Waals surface area contributed by atoms with Gasteiger partial charge in [-0.1, -0.05) is 11.6 Å². The molecule has 3 rings (SSSR count). The molecule has 1 aliphatic heterocycles. The van der Waals surface area contributed by atoms with E-state index in [1.807, 2.05) is 0 Å². The third kappa shape index (κ3) is 2.06. The number of fused-ring (bicyclic) bond motifs is 2. The second kappa shape index (κ2) is 4.08. The summed E-state index contributed by atoms with van der Waals surface area (Å²) in [5.41, 5.74) is 1.64. The first-order chi connectivity index (χ1) is 8.86. The van der Waals surface area contributed by atoms with Crippen molar-refractivity contribution >= 4 is 44.7 Å². The second-order valence-electron chi connectivity index (χ2n) is 4.12. The Labute approximate surface area is 114 Å². The first kappa shape index (κ1) is 12.7. The van der Waals surface area contributed by atoms with Gasteiger partial charge in [0.2, 0.25) is 0 Å². The third-order valence-corrected chi connectivity index (χ3v) is 4.07. The third-order valence-electron chi connectivity index (χ3n) is 2.95. The van der Waals surface area contributed by atoms with Crippen molar-refractivity contribution in [3.8, 4) is 0 Å². The average molecular weight is 307 g/mol. The molecule has 0 spiro atoms. The van der Waals surface area contributed by atoms with Gasteiger partial charge in [0.25, 0.3) is 0 Å². The van der Waals surface area contributed by atoms with E-state index in [4.69, 9.17) is 11.6 Å². The highest BCUT2D eigenvalue weighted by Gasteiger charge is 2.44. The first-order valence-electron chi connectivity index (χ1n) is 5.34. The van der Waals surface area contributed by atoms with Crippen molar-refractivity contribution in [1.82, 2.24) is 4.98 Å². The van der Waals surface area contributed by atoms with Gasteiger partial charge in [0.15, 0.2) is 4.47 Å². The van der Waals surface area contributed by atoms with Crippen molar-refractivity contribution in [2.45, 2.75) is 12.6 Å². The Kier molecular flexibility index (Phi) is 2.72. The molecule has 0 unspecified atom stereocenters. The van der Waals surface area contributed by atoms with Gasteiger partial charge in [-0.25, -0.2) is 4.98 Å². The predicted octanol–water partition coefficient (Wildman–Crippen LogP) is 3.40. The van der Waals surface area contributed by atoms with Crippen molar-refractivity contribution in [3.05, 3.63) is 22.2 Å². The van der Waals surface area contributed by atoms with Gasteiger partial charge in [0.05, 0.1) is 10.2 Å². The molecule has 8 heteroatoms. The summed E-state index contributed by atoms with van der Waals surface area (Å²) < 4.78 is 38.5. The number of carbonyl (C=O) groups excluding carboxylic acids is 1. The highest BCUT2D eigenvalue weighted by atomic mass is 35.5. The molecule has 0 N–H and O–H groups in total. The van der Waals surface area contributed by atoms with Gasteiger partial charge in [-0.05, 0) is 24.1 Å². The minimum absolute atomic E-state index is 0.0404. The summed E-state index contributed by atoms with van der Waals surface area (Å²) in [5.74, 6) is -1.83. The highest BCUT2D eigenvalue weighted by Crippen LogP contribution is 2.37. The molecule has 0 fully saturated rings. The number of benzene rings is 1. The van der Waals surface area contributed by atoms with Gasteiger partial charge in [-0.15, -0.1) is 11.3 Å². The summed E-state index contributed by atoms with van der Waals surface area (Å²) in [6.45, 7) is 0.0404. The van der Waals surface area contributed by atoms with Gasteiger partial charge >= 0.3 is 12.1 Å². The summed E-state index contributed by atoms with van der Waals surface area (Å²) in [6.07, 6.45) is -4.47. The van der Waals surface area contributed by atoms with Crippen LogP contribution >= 0.6 is 22.9 Å². The van der Waals surface area contributed by atoms with E-state index in [9.17, 15) is 18.0 Å². The molecule has 0 aliphatic carbocycles. The fraction of sp³-hybridized carbons (Fsp3) is 0.273. The number of aromatic nitrogens is 1. The van der Waals surface area contributed by atoms with E-state index in [0.717, 1.165) is 4.90 Å². The monoisotopic (exact) mass is 306 g/mol. The predicted molar refractivity (Wildman–Crippen MR) is 66.7 cm³/mol. The molecular formula is C11H6ClF3N2OS. The number of amides is 1. The van der Waals surface area contributed by atoms with E-state index in [0.29, 0.717) is 32.4 Å². The van der Waals surface area contributed by atoms with E-state index in [-0.39, 0.29) is 6.54 Å². The molecule has 1 amide bonds. The molecule has 100 valence electrons.